The van der Waals surface area contributed by atoms with Crippen LogP contribution < -0.4 is 19.9 Å². The highest BCUT2D eigenvalue weighted by Crippen LogP contribution is 2.32. The lowest BCUT2D eigenvalue weighted by atomic mass is 10.0. The van der Waals surface area contributed by atoms with Crippen LogP contribution in [0.25, 0.3) is 6.08 Å². The summed E-state index contributed by atoms with van der Waals surface area (Å²) in [6.45, 7) is 2.00. The van der Waals surface area contributed by atoms with Crippen molar-refractivity contribution >= 4 is 69.8 Å². The van der Waals surface area contributed by atoms with Gasteiger partial charge in [0, 0.05) is 30.4 Å². The van der Waals surface area contributed by atoms with E-state index in [1.54, 1.807) is 19.2 Å². The van der Waals surface area contributed by atoms with Gasteiger partial charge in [-0.3, -0.25) is 19.8 Å². The number of thiocarbonyl (C=S) groups is 1. The number of amides is 2. The van der Waals surface area contributed by atoms with E-state index in [0.717, 1.165) is 31.6 Å². The van der Waals surface area contributed by atoms with Gasteiger partial charge < -0.3 is 9.64 Å². The monoisotopic (exact) mass is 489 g/mol. The molecule has 166 valence electrons. The van der Waals surface area contributed by atoms with Crippen LogP contribution in [0, 0.1) is 0 Å². The number of nitrogens with one attached hydrogen (secondary N) is 1. The summed E-state index contributed by atoms with van der Waals surface area (Å²) in [7, 11) is 1.57. The SMILES string of the molecule is COc1cc(N2CCCCC2)ccc1/C=C1\C(=O)NC(=S)N(c2ccc(Cl)c(Cl)c2)C1=O. The van der Waals surface area contributed by atoms with Gasteiger partial charge in [-0.2, -0.15) is 0 Å². The Morgan fingerprint density at radius 1 is 1.00 bits per heavy atom. The summed E-state index contributed by atoms with van der Waals surface area (Å²) in [5.41, 5.74) is 2.02. The Hall–Kier alpha value is -2.61. The van der Waals surface area contributed by atoms with Gasteiger partial charge in [0.1, 0.15) is 11.3 Å². The third-order valence-corrected chi connectivity index (χ3v) is 6.52. The molecule has 2 heterocycles. The largest absolute Gasteiger partial charge is 0.496 e. The van der Waals surface area contributed by atoms with E-state index < -0.39 is 11.8 Å². The van der Waals surface area contributed by atoms with E-state index >= 15 is 0 Å². The van der Waals surface area contributed by atoms with Crippen molar-refractivity contribution in [3.63, 3.8) is 0 Å². The zero-order valence-corrected chi connectivity index (χ0v) is 19.7. The third-order valence-electron chi connectivity index (χ3n) is 5.50. The summed E-state index contributed by atoms with van der Waals surface area (Å²) in [5, 5.41) is 3.17. The number of benzene rings is 2. The summed E-state index contributed by atoms with van der Waals surface area (Å²) in [5.74, 6) is -0.548. The summed E-state index contributed by atoms with van der Waals surface area (Å²) in [6, 6.07) is 10.5. The second kappa shape index (κ2) is 9.48. The van der Waals surface area contributed by atoms with Crippen molar-refractivity contribution in [3.8, 4) is 5.75 Å². The molecule has 2 amide bonds. The maximum atomic E-state index is 13.2. The molecule has 0 radical (unpaired) electrons. The standard InChI is InChI=1S/C23H21Cl2N3O3S/c1-31-20-13-15(27-9-3-2-4-10-27)6-5-14(20)11-17-21(29)26-23(32)28(22(17)30)16-7-8-18(24)19(25)12-16/h5-8,11-13H,2-4,9-10H2,1H3,(H,26,29,32)/b17-11+. The molecule has 0 saturated carbocycles. The van der Waals surface area contributed by atoms with Gasteiger partial charge in [0.15, 0.2) is 5.11 Å². The number of anilines is 2. The van der Waals surface area contributed by atoms with Crippen LogP contribution in [-0.4, -0.2) is 37.1 Å². The number of ether oxygens (including phenoxy) is 1. The van der Waals surface area contributed by atoms with Crippen LogP contribution in [0.15, 0.2) is 42.0 Å². The number of hydrogen-bond acceptors (Lipinski definition) is 5. The number of carbonyl (C=O) groups is 2. The van der Waals surface area contributed by atoms with Crippen LogP contribution in [0.1, 0.15) is 24.8 Å². The molecule has 2 aliphatic rings. The third kappa shape index (κ3) is 4.46. The molecule has 9 heteroatoms. The fourth-order valence-electron chi connectivity index (χ4n) is 3.84. The van der Waals surface area contributed by atoms with Crippen LogP contribution in [-0.2, 0) is 9.59 Å². The smallest absolute Gasteiger partial charge is 0.270 e. The molecule has 2 aliphatic heterocycles. The van der Waals surface area contributed by atoms with Crippen molar-refractivity contribution < 1.29 is 14.3 Å². The number of methoxy groups -OCH3 is 1. The second-order valence-electron chi connectivity index (χ2n) is 7.53. The fraction of sp³-hybridized carbons (Fsp3) is 0.261. The number of nitrogens with zero attached hydrogens (tertiary/aromatic N) is 2. The quantitative estimate of drug-likeness (QED) is 0.378. The average Bonchev–Trinajstić information content (AvgIpc) is 2.79. The first-order chi connectivity index (χ1) is 15.4. The number of carbonyl (C=O) groups excluding carboxylic acids is 2. The molecular formula is C23H21Cl2N3O3S. The normalized spacial score (nSPS) is 18.2. The van der Waals surface area contributed by atoms with E-state index in [4.69, 9.17) is 40.2 Å². The first-order valence-electron chi connectivity index (χ1n) is 10.2. The van der Waals surface area contributed by atoms with Gasteiger partial charge in [0.2, 0.25) is 0 Å². The van der Waals surface area contributed by atoms with Gasteiger partial charge in [0.05, 0.1) is 22.8 Å². The summed E-state index contributed by atoms with van der Waals surface area (Å²) in [6.07, 6.45) is 5.08. The predicted octanol–water partition coefficient (Wildman–Crippen LogP) is 4.82. The van der Waals surface area contributed by atoms with E-state index in [1.807, 2.05) is 18.2 Å². The Bertz CT molecular complexity index is 1130. The first kappa shape index (κ1) is 22.6. The van der Waals surface area contributed by atoms with Crippen molar-refractivity contribution in [1.82, 2.24) is 5.32 Å². The highest BCUT2D eigenvalue weighted by atomic mass is 35.5. The Balaban J connectivity index is 1.68. The van der Waals surface area contributed by atoms with E-state index in [9.17, 15) is 9.59 Å². The minimum Gasteiger partial charge on any atom is -0.496 e. The van der Waals surface area contributed by atoms with Crippen molar-refractivity contribution in [2.75, 3.05) is 30.0 Å². The molecule has 6 nitrogen and oxygen atoms in total. The number of halogens is 2. The molecule has 2 aromatic rings. The maximum absolute atomic E-state index is 13.2. The van der Waals surface area contributed by atoms with Crippen LogP contribution in [0.4, 0.5) is 11.4 Å². The van der Waals surface area contributed by atoms with E-state index in [-0.39, 0.29) is 15.7 Å². The Kier molecular flexibility index (Phi) is 6.69. The zero-order valence-electron chi connectivity index (χ0n) is 17.4. The minimum atomic E-state index is -0.571. The number of rotatable bonds is 4. The first-order valence-corrected chi connectivity index (χ1v) is 11.3. The molecule has 2 aromatic carbocycles. The molecule has 2 fully saturated rings. The number of hydrogen-bond donors (Lipinski definition) is 1. The van der Waals surface area contributed by atoms with Gasteiger partial charge in [0.25, 0.3) is 11.8 Å². The average molecular weight is 490 g/mol. The zero-order chi connectivity index (χ0) is 22.8. The van der Waals surface area contributed by atoms with Crippen molar-refractivity contribution in [3.05, 3.63) is 57.6 Å². The molecular weight excluding hydrogens is 469 g/mol. The van der Waals surface area contributed by atoms with E-state index in [0.29, 0.717) is 22.0 Å². The van der Waals surface area contributed by atoms with Crippen LogP contribution in [0.2, 0.25) is 10.0 Å². The van der Waals surface area contributed by atoms with Gasteiger partial charge in [-0.15, -0.1) is 0 Å². The lowest BCUT2D eigenvalue weighted by Gasteiger charge is -2.30. The molecule has 32 heavy (non-hydrogen) atoms. The van der Waals surface area contributed by atoms with Gasteiger partial charge in [-0.25, -0.2) is 0 Å². The van der Waals surface area contributed by atoms with Gasteiger partial charge in [-0.05, 0) is 67.9 Å². The number of piperidine rings is 1. The van der Waals surface area contributed by atoms with Crippen LogP contribution in [0.5, 0.6) is 5.75 Å². The summed E-state index contributed by atoms with van der Waals surface area (Å²) in [4.78, 5) is 29.4. The molecule has 0 unspecified atom stereocenters. The molecule has 0 aliphatic carbocycles. The highest BCUT2D eigenvalue weighted by Gasteiger charge is 2.35. The Morgan fingerprint density at radius 2 is 1.72 bits per heavy atom. The van der Waals surface area contributed by atoms with Crippen LogP contribution >= 0.6 is 35.4 Å². The summed E-state index contributed by atoms with van der Waals surface area (Å²) >= 11 is 17.3. The minimum absolute atomic E-state index is 0.0250. The lowest BCUT2D eigenvalue weighted by Crippen LogP contribution is -2.54. The van der Waals surface area contributed by atoms with Crippen LogP contribution in [0.3, 0.4) is 0 Å². The maximum Gasteiger partial charge on any atom is 0.270 e. The van der Waals surface area contributed by atoms with Crippen molar-refractivity contribution in [2.24, 2.45) is 0 Å². The molecule has 0 aromatic heterocycles. The molecule has 0 bridgehead atoms. The molecule has 0 atom stereocenters. The molecule has 0 spiro atoms. The molecule has 1 N–H and O–H groups in total. The second-order valence-corrected chi connectivity index (χ2v) is 8.73. The highest BCUT2D eigenvalue weighted by molar-refractivity contribution is 7.80. The van der Waals surface area contributed by atoms with E-state index in [2.05, 4.69) is 10.2 Å². The van der Waals surface area contributed by atoms with Gasteiger partial charge >= 0.3 is 0 Å². The molecule has 2 saturated heterocycles. The van der Waals surface area contributed by atoms with Crippen molar-refractivity contribution in [2.45, 2.75) is 19.3 Å². The molecule has 4 rings (SSSR count). The fourth-order valence-corrected chi connectivity index (χ4v) is 4.41. The Morgan fingerprint density at radius 3 is 2.41 bits per heavy atom. The van der Waals surface area contributed by atoms with E-state index in [1.165, 1.54) is 23.5 Å². The lowest BCUT2D eigenvalue weighted by molar-refractivity contribution is -0.122. The van der Waals surface area contributed by atoms with Gasteiger partial charge in [-0.1, -0.05) is 23.2 Å². The van der Waals surface area contributed by atoms with Crippen molar-refractivity contribution in [1.29, 1.82) is 0 Å². The predicted molar refractivity (Wildman–Crippen MR) is 132 cm³/mol. The topological polar surface area (TPSA) is 61.9 Å². The summed E-state index contributed by atoms with van der Waals surface area (Å²) < 4.78 is 5.56. The Labute approximate surface area is 201 Å².